The molecule has 0 bridgehead atoms. The van der Waals surface area contributed by atoms with E-state index in [1.54, 1.807) is 11.8 Å². The van der Waals surface area contributed by atoms with E-state index >= 15 is 0 Å². The second-order valence-electron chi connectivity index (χ2n) is 6.02. The lowest BCUT2D eigenvalue weighted by atomic mass is 10.1. The van der Waals surface area contributed by atoms with Crippen molar-refractivity contribution in [1.82, 2.24) is 15.1 Å². The lowest BCUT2D eigenvalue weighted by molar-refractivity contribution is 0.0686. The van der Waals surface area contributed by atoms with Gasteiger partial charge in [0.2, 0.25) is 6.10 Å². The molecule has 1 fully saturated rings. The summed E-state index contributed by atoms with van der Waals surface area (Å²) < 4.78 is 17.3. The second-order valence-corrected chi connectivity index (χ2v) is 7.07. The molecular formula is C17H21N3O3S. The number of ether oxygens (including phenoxy) is 2. The van der Waals surface area contributed by atoms with E-state index in [4.69, 9.17) is 13.9 Å². The molecule has 0 radical (unpaired) electrons. The molecule has 1 saturated heterocycles. The first-order chi connectivity index (χ1) is 11.9. The van der Waals surface area contributed by atoms with E-state index in [-0.39, 0.29) is 6.10 Å². The SMILES string of the molecule is c1ccc2c(c1)OCC(c1nnc(SCCN3CCCCC3)o1)O2. The van der Waals surface area contributed by atoms with E-state index in [2.05, 4.69) is 15.1 Å². The third-order valence-electron chi connectivity index (χ3n) is 4.29. The van der Waals surface area contributed by atoms with Gasteiger partial charge < -0.3 is 18.8 Å². The topological polar surface area (TPSA) is 60.6 Å². The predicted molar refractivity (Wildman–Crippen MR) is 90.6 cm³/mol. The fourth-order valence-electron chi connectivity index (χ4n) is 3.00. The molecule has 2 aromatic rings. The number of para-hydroxylation sites is 2. The molecule has 1 aromatic heterocycles. The number of aromatic nitrogens is 2. The Labute approximate surface area is 145 Å². The summed E-state index contributed by atoms with van der Waals surface area (Å²) in [5.74, 6) is 2.91. The van der Waals surface area contributed by atoms with Crippen molar-refractivity contribution in [2.75, 3.05) is 32.0 Å². The van der Waals surface area contributed by atoms with Crippen molar-refractivity contribution in [3.05, 3.63) is 30.2 Å². The Hall–Kier alpha value is -1.73. The maximum atomic E-state index is 5.89. The monoisotopic (exact) mass is 347 g/mol. The van der Waals surface area contributed by atoms with Gasteiger partial charge in [-0.2, -0.15) is 0 Å². The number of hydrogen-bond acceptors (Lipinski definition) is 7. The Morgan fingerprint density at radius 3 is 2.79 bits per heavy atom. The Bertz CT molecular complexity index is 673. The van der Waals surface area contributed by atoms with Gasteiger partial charge in [-0.15, -0.1) is 10.2 Å². The smallest absolute Gasteiger partial charge is 0.276 e. The van der Waals surface area contributed by atoms with Crippen LogP contribution in [-0.2, 0) is 0 Å². The van der Waals surface area contributed by atoms with Crippen LogP contribution >= 0.6 is 11.8 Å². The molecule has 1 unspecified atom stereocenters. The standard InChI is InChI=1S/C17H21N3O3S/c1-4-8-20(9-5-1)10-11-24-17-19-18-16(23-17)15-12-21-13-6-2-3-7-14(13)22-15/h2-3,6-7,15H,1,4-5,8-12H2. The van der Waals surface area contributed by atoms with Crippen LogP contribution in [-0.4, -0.2) is 47.1 Å². The molecule has 128 valence electrons. The van der Waals surface area contributed by atoms with E-state index in [9.17, 15) is 0 Å². The van der Waals surface area contributed by atoms with Gasteiger partial charge in [-0.1, -0.05) is 30.3 Å². The first-order valence-electron chi connectivity index (χ1n) is 8.45. The van der Waals surface area contributed by atoms with Gasteiger partial charge in [0.1, 0.15) is 6.61 Å². The molecule has 0 amide bonds. The average Bonchev–Trinajstić information content (AvgIpc) is 3.11. The highest BCUT2D eigenvalue weighted by atomic mass is 32.2. The molecule has 4 rings (SSSR count). The highest BCUT2D eigenvalue weighted by Gasteiger charge is 2.27. The summed E-state index contributed by atoms with van der Waals surface area (Å²) in [6.07, 6.45) is 3.65. The average molecular weight is 347 g/mol. The Balaban J connectivity index is 1.30. The van der Waals surface area contributed by atoms with Crippen LogP contribution in [0, 0.1) is 0 Å². The number of fused-ring (bicyclic) bond motifs is 1. The number of nitrogens with zero attached hydrogens (tertiary/aromatic N) is 3. The van der Waals surface area contributed by atoms with E-state index in [0.717, 1.165) is 18.0 Å². The molecule has 2 aliphatic heterocycles. The summed E-state index contributed by atoms with van der Waals surface area (Å²) in [5.41, 5.74) is 0. The van der Waals surface area contributed by atoms with Crippen molar-refractivity contribution in [3.63, 3.8) is 0 Å². The third kappa shape index (κ3) is 3.67. The van der Waals surface area contributed by atoms with Crippen LogP contribution in [0.25, 0.3) is 0 Å². The molecule has 6 nitrogen and oxygen atoms in total. The summed E-state index contributed by atoms with van der Waals surface area (Å²) in [5, 5.41) is 8.85. The summed E-state index contributed by atoms with van der Waals surface area (Å²) >= 11 is 1.61. The van der Waals surface area contributed by atoms with E-state index < -0.39 is 0 Å². The van der Waals surface area contributed by atoms with Gasteiger partial charge in [-0.3, -0.25) is 0 Å². The van der Waals surface area contributed by atoms with Gasteiger partial charge >= 0.3 is 0 Å². The van der Waals surface area contributed by atoms with Crippen molar-refractivity contribution in [2.45, 2.75) is 30.6 Å². The Morgan fingerprint density at radius 1 is 1.08 bits per heavy atom. The molecular weight excluding hydrogens is 326 g/mol. The summed E-state index contributed by atoms with van der Waals surface area (Å²) in [6, 6.07) is 7.61. The number of hydrogen-bond donors (Lipinski definition) is 0. The summed E-state index contributed by atoms with van der Waals surface area (Å²) in [6.45, 7) is 3.88. The molecule has 0 spiro atoms. The summed E-state index contributed by atoms with van der Waals surface area (Å²) in [4.78, 5) is 2.50. The Kier molecular flexibility index (Phi) is 4.89. The maximum absolute atomic E-state index is 5.89. The van der Waals surface area contributed by atoms with Crippen molar-refractivity contribution in [3.8, 4) is 11.5 Å². The molecule has 1 atom stereocenters. The molecule has 7 heteroatoms. The van der Waals surface area contributed by atoms with Crippen LogP contribution in [0.3, 0.4) is 0 Å². The van der Waals surface area contributed by atoms with E-state index in [0.29, 0.717) is 23.5 Å². The summed E-state index contributed by atoms with van der Waals surface area (Å²) in [7, 11) is 0. The molecule has 0 saturated carbocycles. The number of piperidine rings is 1. The number of thioether (sulfide) groups is 1. The minimum atomic E-state index is -0.344. The van der Waals surface area contributed by atoms with Gasteiger partial charge in [0.25, 0.3) is 11.1 Å². The van der Waals surface area contributed by atoms with Gasteiger partial charge in [0.15, 0.2) is 11.5 Å². The molecule has 24 heavy (non-hydrogen) atoms. The van der Waals surface area contributed by atoms with Crippen LogP contribution < -0.4 is 9.47 Å². The lowest BCUT2D eigenvalue weighted by Crippen LogP contribution is -2.31. The quantitative estimate of drug-likeness (QED) is 0.770. The minimum absolute atomic E-state index is 0.344. The maximum Gasteiger partial charge on any atom is 0.276 e. The highest BCUT2D eigenvalue weighted by molar-refractivity contribution is 7.99. The van der Waals surface area contributed by atoms with Gasteiger partial charge in [-0.05, 0) is 38.1 Å². The minimum Gasteiger partial charge on any atom is -0.485 e. The number of benzene rings is 1. The van der Waals surface area contributed by atoms with Crippen LogP contribution in [0.5, 0.6) is 11.5 Å². The largest absolute Gasteiger partial charge is 0.485 e. The van der Waals surface area contributed by atoms with Crippen LogP contribution in [0.1, 0.15) is 31.3 Å². The lowest BCUT2D eigenvalue weighted by Gasteiger charge is -2.25. The fraction of sp³-hybridized carbons (Fsp3) is 0.529. The first kappa shape index (κ1) is 15.8. The van der Waals surface area contributed by atoms with Gasteiger partial charge in [0.05, 0.1) is 0 Å². The van der Waals surface area contributed by atoms with Crippen molar-refractivity contribution < 1.29 is 13.9 Å². The Morgan fingerprint density at radius 2 is 1.92 bits per heavy atom. The van der Waals surface area contributed by atoms with Crippen LogP contribution in [0.4, 0.5) is 0 Å². The molecule has 3 heterocycles. The van der Waals surface area contributed by atoms with E-state index in [1.807, 2.05) is 24.3 Å². The van der Waals surface area contributed by atoms with Crippen LogP contribution in [0.15, 0.2) is 33.9 Å². The van der Waals surface area contributed by atoms with Crippen molar-refractivity contribution in [1.29, 1.82) is 0 Å². The second kappa shape index (κ2) is 7.44. The number of likely N-dealkylation sites (tertiary alicyclic amines) is 1. The van der Waals surface area contributed by atoms with Crippen LogP contribution in [0.2, 0.25) is 0 Å². The van der Waals surface area contributed by atoms with E-state index in [1.165, 1.54) is 32.4 Å². The van der Waals surface area contributed by atoms with Gasteiger partial charge in [-0.25, -0.2) is 0 Å². The predicted octanol–water partition coefficient (Wildman–Crippen LogP) is 3.16. The zero-order valence-electron chi connectivity index (χ0n) is 13.5. The molecule has 0 N–H and O–H groups in total. The van der Waals surface area contributed by atoms with Gasteiger partial charge in [0, 0.05) is 12.3 Å². The highest BCUT2D eigenvalue weighted by Crippen LogP contribution is 2.35. The molecule has 0 aliphatic carbocycles. The molecule has 1 aromatic carbocycles. The van der Waals surface area contributed by atoms with Crippen molar-refractivity contribution >= 4 is 11.8 Å². The molecule has 2 aliphatic rings. The zero-order valence-corrected chi connectivity index (χ0v) is 14.3. The fourth-order valence-corrected chi connectivity index (χ4v) is 3.76. The first-order valence-corrected chi connectivity index (χ1v) is 9.44. The normalized spacial score (nSPS) is 20.9. The van der Waals surface area contributed by atoms with Crippen molar-refractivity contribution in [2.24, 2.45) is 0 Å². The third-order valence-corrected chi connectivity index (χ3v) is 5.09. The number of rotatable bonds is 5. The zero-order chi connectivity index (χ0) is 16.2.